The number of ether oxygens (including phenoxy) is 1. The highest BCUT2D eigenvalue weighted by Crippen LogP contribution is 2.43. The van der Waals surface area contributed by atoms with E-state index in [1.807, 2.05) is 12.1 Å². The van der Waals surface area contributed by atoms with E-state index in [4.69, 9.17) is 10.5 Å². The van der Waals surface area contributed by atoms with Gasteiger partial charge >= 0.3 is 0 Å². The number of nitrogens with zero attached hydrogens (tertiary/aromatic N) is 1. The van der Waals surface area contributed by atoms with Gasteiger partial charge in [0.25, 0.3) is 5.91 Å². The van der Waals surface area contributed by atoms with Gasteiger partial charge in [0.1, 0.15) is 5.75 Å². The predicted molar refractivity (Wildman–Crippen MR) is 78.0 cm³/mol. The van der Waals surface area contributed by atoms with Crippen molar-refractivity contribution in [3.8, 4) is 5.75 Å². The van der Waals surface area contributed by atoms with E-state index in [0.717, 1.165) is 42.0 Å². The second kappa shape index (κ2) is 4.30. The molecule has 4 rings (SSSR count). The third kappa shape index (κ3) is 1.80. The van der Waals surface area contributed by atoms with Gasteiger partial charge in [-0.3, -0.25) is 4.79 Å². The van der Waals surface area contributed by atoms with Crippen molar-refractivity contribution in [1.29, 1.82) is 0 Å². The first-order valence-electron chi connectivity index (χ1n) is 7.32. The van der Waals surface area contributed by atoms with Crippen molar-refractivity contribution in [2.24, 2.45) is 11.8 Å². The van der Waals surface area contributed by atoms with Gasteiger partial charge in [-0.2, -0.15) is 0 Å². The van der Waals surface area contributed by atoms with Crippen molar-refractivity contribution in [2.75, 3.05) is 35.6 Å². The third-order valence-electron chi connectivity index (χ3n) is 4.83. The van der Waals surface area contributed by atoms with E-state index in [-0.39, 0.29) is 12.5 Å². The van der Waals surface area contributed by atoms with Gasteiger partial charge in [-0.05, 0) is 30.7 Å². The van der Waals surface area contributed by atoms with Crippen molar-refractivity contribution in [2.45, 2.75) is 19.3 Å². The molecule has 2 aliphatic heterocycles. The van der Waals surface area contributed by atoms with Gasteiger partial charge in [-0.1, -0.05) is 6.42 Å². The minimum atomic E-state index is -0.105. The summed E-state index contributed by atoms with van der Waals surface area (Å²) in [5.41, 5.74) is 8.68. The maximum Gasteiger partial charge on any atom is 0.262 e. The van der Waals surface area contributed by atoms with Crippen LogP contribution in [0, 0.1) is 11.8 Å². The summed E-state index contributed by atoms with van der Waals surface area (Å²) in [6, 6.07) is 3.79. The highest BCUT2D eigenvalue weighted by atomic mass is 16.5. The zero-order chi connectivity index (χ0) is 13.7. The third-order valence-corrected chi connectivity index (χ3v) is 4.83. The minimum Gasteiger partial charge on any atom is -0.482 e. The molecule has 1 aliphatic carbocycles. The fourth-order valence-corrected chi connectivity index (χ4v) is 3.84. The molecule has 5 nitrogen and oxygen atoms in total. The van der Waals surface area contributed by atoms with Gasteiger partial charge < -0.3 is 20.7 Å². The summed E-state index contributed by atoms with van der Waals surface area (Å²) in [7, 11) is 0. The summed E-state index contributed by atoms with van der Waals surface area (Å²) in [6.45, 7) is 2.24. The number of nitrogens with one attached hydrogen (secondary N) is 1. The Bertz CT molecular complexity index is 560. The largest absolute Gasteiger partial charge is 0.482 e. The molecule has 20 heavy (non-hydrogen) atoms. The van der Waals surface area contributed by atoms with Crippen LogP contribution in [0.4, 0.5) is 17.1 Å². The van der Waals surface area contributed by atoms with Gasteiger partial charge in [0.15, 0.2) is 6.61 Å². The van der Waals surface area contributed by atoms with Crippen LogP contribution in [0.1, 0.15) is 19.3 Å². The van der Waals surface area contributed by atoms with Crippen LogP contribution in [0.15, 0.2) is 12.1 Å². The van der Waals surface area contributed by atoms with Gasteiger partial charge in [0, 0.05) is 19.2 Å². The van der Waals surface area contributed by atoms with Crippen molar-refractivity contribution in [3.05, 3.63) is 12.1 Å². The number of hydrogen-bond donors (Lipinski definition) is 2. The number of anilines is 3. The second-order valence-electron chi connectivity index (χ2n) is 6.10. The fourth-order valence-electron chi connectivity index (χ4n) is 3.84. The Kier molecular flexibility index (Phi) is 2.55. The lowest BCUT2D eigenvalue weighted by molar-refractivity contribution is -0.118. The number of amides is 1. The molecule has 1 amide bonds. The lowest BCUT2D eigenvalue weighted by Crippen LogP contribution is -2.27. The molecule has 2 fully saturated rings. The Morgan fingerprint density at radius 3 is 2.75 bits per heavy atom. The lowest BCUT2D eigenvalue weighted by Gasteiger charge is -2.25. The van der Waals surface area contributed by atoms with Crippen LogP contribution in [0.5, 0.6) is 5.75 Å². The summed E-state index contributed by atoms with van der Waals surface area (Å²) >= 11 is 0. The molecule has 2 atom stereocenters. The van der Waals surface area contributed by atoms with Gasteiger partial charge in [0.2, 0.25) is 0 Å². The average Bonchev–Trinajstić information content (AvgIpc) is 2.99. The Balaban J connectivity index is 1.65. The Labute approximate surface area is 118 Å². The molecule has 1 saturated heterocycles. The SMILES string of the molecule is Nc1cc2c(cc1N1CC3CCCC3C1)NC(=O)CO2. The standard InChI is InChI=1S/C15H19N3O2/c16-11-4-14-12(17-15(19)8-20-14)5-13(11)18-6-9-2-1-3-10(9)7-18/h4-5,9-10H,1-3,6-8,16H2,(H,17,19). The highest BCUT2D eigenvalue weighted by molar-refractivity contribution is 5.97. The lowest BCUT2D eigenvalue weighted by atomic mass is 10.0. The first kappa shape index (κ1) is 11.9. The fraction of sp³-hybridized carbons (Fsp3) is 0.533. The molecule has 0 aromatic heterocycles. The van der Waals surface area contributed by atoms with Crippen LogP contribution in [0.25, 0.3) is 0 Å². The summed E-state index contributed by atoms with van der Waals surface area (Å²) < 4.78 is 5.40. The van der Waals surface area contributed by atoms with E-state index >= 15 is 0 Å². The molecule has 3 N–H and O–H groups in total. The predicted octanol–water partition coefficient (Wildman–Crippen LogP) is 1.84. The number of nitrogens with two attached hydrogens (primary N) is 1. The second-order valence-corrected chi connectivity index (χ2v) is 6.10. The molecule has 2 unspecified atom stereocenters. The summed E-state index contributed by atoms with van der Waals surface area (Å²) in [6.07, 6.45) is 4.05. The highest BCUT2D eigenvalue weighted by Gasteiger charge is 2.37. The topological polar surface area (TPSA) is 67.6 Å². The molecular weight excluding hydrogens is 254 g/mol. The number of carbonyl (C=O) groups is 1. The maximum atomic E-state index is 11.4. The molecule has 1 saturated carbocycles. The number of hydrogen-bond acceptors (Lipinski definition) is 4. The quantitative estimate of drug-likeness (QED) is 0.766. The van der Waals surface area contributed by atoms with E-state index in [9.17, 15) is 4.79 Å². The number of nitrogen functional groups attached to an aromatic ring is 1. The van der Waals surface area contributed by atoms with E-state index in [1.165, 1.54) is 19.3 Å². The van der Waals surface area contributed by atoms with Gasteiger partial charge in [-0.15, -0.1) is 0 Å². The first-order valence-corrected chi connectivity index (χ1v) is 7.32. The molecule has 2 heterocycles. The molecule has 1 aromatic rings. The van der Waals surface area contributed by atoms with E-state index in [1.54, 1.807) is 0 Å². The van der Waals surface area contributed by atoms with Crippen LogP contribution in [0.3, 0.4) is 0 Å². The van der Waals surface area contributed by atoms with Crippen LogP contribution in [-0.4, -0.2) is 25.6 Å². The summed E-state index contributed by atoms with van der Waals surface area (Å²) in [4.78, 5) is 13.8. The summed E-state index contributed by atoms with van der Waals surface area (Å²) in [5.74, 6) is 2.20. The van der Waals surface area contributed by atoms with Crippen LogP contribution >= 0.6 is 0 Å². The van der Waals surface area contributed by atoms with Crippen molar-refractivity contribution in [1.82, 2.24) is 0 Å². The number of rotatable bonds is 1. The Hall–Kier alpha value is -1.91. The molecule has 0 bridgehead atoms. The van der Waals surface area contributed by atoms with Crippen molar-refractivity contribution < 1.29 is 9.53 Å². The number of benzene rings is 1. The van der Waals surface area contributed by atoms with E-state index < -0.39 is 0 Å². The van der Waals surface area contributed by atoms with Gasteiger partial charge in [-0.25, -0.2) is 0 Å². The average molecular weight is 273 g/mol. The Morgan fingerprint density at radius 1 is 1.25 bits per heavy atom. The molecule has 5 heteroatoms. The molecule has 1 aromatic carbocycles. The first-order chi connectivity index (χ1) is 9.70. The molecule has 106 valence electrons. The van der Waals surface area contributed by atoms with E-state index in [2.05, 4.69) is 10.2 Å². The normalized spacial score (nSPS) is 27.8. The van der Waals surface area contributed by atoms with Crippen molar-refractivity contribution in [3.63, 3.8) is 0 Å². The zero-order valence-electron chi connectivity index (χ0n) is 11.4. The van der Waals surface area contributed by atoms with Crippen LogP contribution in [-0.2, 0) is 4.79 Å². The minimum absolute atomic E-state index is 0.0691. The van der Waals surface area contributed by atoms with Crippen molar-refractivity contribution >= 4 is 23.0 Å². The smallest absolute Gasteiger partial charge is 0.262 e. The van der Waals surface area contributed by atoms with Crippen LogP contribution in [0.2, 0.25) is 0 Å². The molecule has 0 radical (unpaired) electrons. The van der Waals surface area contributed by atoms with E-state index in [0.29, 0.717) is 5.75 Å². The monoisotopic (exact) mass is 273 g/mol. The summed E-state index contributed by atoms with van der Waals surface area (Å²) in [5, 5.41) is 2.86. The zero-order valence-corrected chi connectivity index (χ0v) is 11.4. The number of carbonyl (C=O) groups excluding carboxylic acids is 1. The van der Waals surface area contributed by atoms with Crippen LogP contribution < -0.4 is 20.7 Å². The van der Waals surface area contributed by atoms with Gasteiger partial charge in [0.05, 0.1) is 17.1 Å². The number of fused-ring (bicyclic) bond motifs is 2. The molecular formula is C15H19N3O2. The Morgan fingerprint density at radius 2 is 2.00 bits per heavy atom. The molecule has 3 aliphatic rings. The maximum absolute atomic E-state index is 11.4. The molecule has 0 spiro atoms.